The van der Waals surface area contributed by atoms with Gasteiger partial charge in [0, 0.05) is 11.1 Å². The Kier molecular flexibility index (Phi) is 5.82. The maximum atomic E-state index is 13.1. The number of aromatic nitrogens is 6. The lowest BCUT2D eigenvalue weighted by molar-refractivity contribution is 0.0597. The van der Waals surface area contributed by atoms with Gasteiger partial charge < -0.3 is 10.1 Å². The summed E-state index contributed by atoms with van der Waals surface area (Å²) in [6.45, 7) is 1.72. The van der Waals surface area contributed by atoms with Gasteiger partial charge in [-0.3, -0.25) is 14.6 Å². The fraction of sp³-hybridized carbons (Fsp3) is 0.0833. The number of anilines is 1. The van der Waals surface area contributed by atoms with Gasteiger partial charge in [0.05, 0.1) is 35.8 Å². The molecule has 0 aliphatic carbocycles. The number of carbonyl (C=O) groups excluding carboxylic acids is 2. The van der Waals surface area contributed by atoms with Crippen LogP contribution < -0.4 is 10.9 Å². The third-order valence-corrected chi connectivity index (χ3v) is 5.56. The quantitative estimate of drug-likeness (QED) is 0.351. The lowest BCUT2D eigenvalue weighted by atomic mass is 10.1. The van der Waals surface area contributed by atoms with Crippen LogP contribution in [0.5, 0.6) is 0 Å². The molecule has 0 aliphatic heterocycles. The Hall–Kier alpha value is -4.77. The number of halogens is 1. The van der Waals surface area contributed by atoms with Crippen LogP contribution in [0.3, 0.4) is 0 Å². The lowest BCUT2D eigenvalue weighted by Crippen LogP contribution is -2.21. The maximum absolute atomic E-state index is 13.1. The van der Waals surface area contributed by atoms with Gasteiger partial charge in [-0.15, -0.1) is 0 Å². The highest BCUT2D eigenvalue weighted by Gasteiger charge is 2.21. The average Bonchev–Trinajstić information content (AvgIpc) is 3.47. The van der Waals surface area contributed by atoms with Gasteiger partial charge in [0.1, 0.15) is 11.2 Å². The lowest BCUT2D eigenvalue weighted by Gasteiger charge is -2.11. The summed E-state index contributed by atoms with van der Waals surface area (Å²) in [4.78, 5) is 45.3. The Morgan fingerprint density at radius 2 is 1.83 bits per heavy atom. The smallest absolute Gasteiger partial charge is 0.338 e. The molecule has 2 N–H and O–H groups in total. The fourth-order valence-corrected chi connectivity index (χ4v) is 3.89. The first-order valence-corrected chi connectivity index (χ1v) is 11.0. The van der Waals surface area contributed by atoms with Crippen LogP contribution in [0, 0.1) is 6.92 Å². The summed E-state index contributed by atoms with van der Waals surface area (Å²) in [5.41, 5.74) is 1.23. The van der Waals surface area contributed by atoms with Crippen molar-refractivity contribution in [2.45, 2.75) is 6.92 Å². The number of hydrogen-bond acceptors (Lipinski definition) is 7. The number of benzene rings is 2. The number of rotatable bonds is 5. The summed E-state index contributed by atoms with van der Waals surface area (Å²) in [5.74, 6) is -0.921. The number of esters is 1. The van der Waals surface area contributed by atoms with Crippen molar-refractivity contribution in [1.82, 2.24) is 29.5 Å². The standard InChI is InChI=1S/C24H18ClN7O4/c1-13-10-19(27-21(33)16-8-3-4-9-17(16)23(35)36-2)32(30-13)24-28-20-18(22(34)29-24)12-26-31(20)15-7-5-6-14(25)11-15/h3-12H,1-2H3,(H,27,33)(H,28,29,34). The van der Waals surface area contributed by atoms with Gasteiger partial charge in [-0.2, -0.15) is 19.9 Å². The van der Waals surface area contributed by atoms with Crippen molar-refractivity contribution in [3.8, 4) is 11.6 Å². The number of carbonyl (C=O) groups is 2. The molecule has 0 radical (unpaired) electrons. The molecular formula is C24H18ClN7O4. The van der Waals surface area contributed by atoms with Gasteiger partial charge in [0.15, 0.2) is 5.65 Å². The molecule has 2 aromatic carbocycles. The van der Waals surface area contributed by atoms with Crippen LogP contribution in [0.15, 0.2) is 65.6 Å². The molecule has 36 heavy (non-hydrogen) atoms. The van der Waals surface area contributed by atoms with Crippen molar-refractivity contribution in [2.24, 2.45) is 0 Å². The maximum Gasteiger partial charge on any atom is 0.338 e. The summed E-state index contributed by atoms with van der Waals surface area (Å²) < 4.78 is 7.56. The summed E-state index contributed by atoms with van der Waals surface area (Å²) >= 11 is 6.12. The minimum absolute atomic E-state index is 0.0564. The highest BCUT2D eigenvalue weighted by Crippen LogP contribution is 2.21. The van der Waals surface area contributed by atoms with Crippen LogP contribution in [0.1, 0.15) is 26.4 Å². The minimum Gasteiger partial charge on any atom is -0.465 e. The number of amides is 1. The predicted molar refractivity (Wildman–Crippen MR) is 132 cm³/mol. The SMILES string of the molecule is COC(=O)c1ccccc1C(=O)Nc1cc(C)nn1-c1nc2c(cnn2-c2cccc(Cl)c2)c(=O)[nH]1. The predicted octanol–water partition coefficient (Wildman–Crippen LogP) is 3.30. The van der Waals surface area contributed by atoms with E-state index < -0.39 is 17.4 Å². The molecule has 0 aliphatic rings. The van der Waals surface area contributed by atoms with E-state index in [0.29, 0.717) is 16.4 Å². The summed E-state index contributed by atoms with van der Waals surface area (Å²) in [5, 5.41) is 12.2. The second-order valence-corrected chi connectivity index (χ2v) is 8.17. The molecule has 12 heteroatoms. The van der Waals surface area contributed by atoms with Crippen molar-refractivity contribution in [3.63, 3.8) is 0 Å². The molecule has 5 aromatic rings. The van der Waals surface area contributed by atoms with Crippen molar-refractivity contribution in [3.05, 3.63) is 93.0 Å². The van der Waals surface area contributed by atoms with E-state index in [0.717, 1.165) is 0 Å². The zero-order valence-electron chi connectivity index (χ0n) is 19.0. The molecule has 0 spiro atoms. The van der Waals surface area contributed by atoms with Crippen molar-refractivity contribution in [1.29, 1.82) is 0 Å². The summed E-state index contributed by atoms with van der Waals surface area (Å²) in [6.07, 6.45) is 1.41. The van der Waals surface area contributed by atoms with E-state index in [9.17, 15) is 14.4 Å². The highest BCUT2D eigenvalue weighted by atomic mass is 35.5. The topological polar surface area (TPSA) is 137 Å². The number of ether oxygens (including phenoxy) is 1. The molecule has 0 saturated heterocycles. The van der Waals surface area contributed by atoms with Crippen LogP contribution in [-0.4, -0.2) is 48.5 Å². The van der Waals surface area contributed by atoms with E-state index in [4.69, 9.17) is 16.3 Å². The fourth-order valence-electron chi connectivity index (χ4n) is 3.71. The minimum atomic E-state index is -0.642. The Morgan fingerprint density at radius 3 is 2.58 bits per heavy atom. The molecule has 5 rings (SSSR count). The number of nitrogens with one attached hydrogen (secondary N) is 2. The number of methoxy groups -OCH3 is 1. The second kappa shape index (κ2) is 9.12. The zero-order valence-corrected chi connectivity index (χ0v) is 19.8. The first-order chi connectivity index (χ1) is 17.4. The number of aromatic amines is 1. The van der Waals surface area contributed by atoms with Crippen LogP contribution in [0.25, 0.3) is 22.7 Å². The van der Waals surface area contributed by atoms with Crippen LogP contribution in [0.2, 0.25) is 5.02 Å². The molecule has 0 saturated carbocycles. The molecule has 3 heterocycles. The van der Waals surface area contributed by atoms with E-state index in [1.165, 1.54) is 34.8 Å². The molecule has 1 amide bonds. The number of hydrogen-bond donors (Lipinski definition) is 2. The normalized spacial score (nSPS) is 11.0. The van der Waals surface area contributed by atoms with E-state index in [1.54, 1.807) is 49.4 Å². The number of aryl methyl sites for hydroxylation is 1. The Morgan fingerprint density at radius 1 is 1.06 bits per heavy atom. The molecule has 0 unspecified atom stereocenters. The second-order valence-electron chi connectivity index (χ2n) is 7.74. The van der Waals surface area contributed by atoms with E-state index in [2.05, 4.69) is 25.5 Å². The molecule has 0 fully saturated rings. The monoisotopic (exact) mass is 503 g/mol. The summed E-state index contributed by atoms with van der Waals surface area (Å²) in [7, 11) is 1.24. The largest absolute Gasteiger partial charge is 0.465 e. The van der Waals surface area contributed by atoms with Gasteiger partial charge in [0.25, 0.3) is 11.5 Å². The Bertz CT molecular complexity index is 1700. The first kappa shape index (κ1) is 23.0. The van der Waals surface area contributed by atoms with Gasteiger partial charge in [0.2, 0.25) is 5.95 Å². The van der Waals surface area contributed by atoms with Crippen molar-refractivity contribution >= 4 is 40.3 Å². The van der Waals surface area contributed by atoms with Crippen molar-refractivity contribution in [2.75, 3.05) is 12.4 Å². The van der Waals surface area contributed by atoms with Gasteiger partial charge in [-0.25, -0.2) is 9.48 Å². The van der Waals surface area contributed by atoms with Gasteiger partial charge in [-0.1, -0.05) is 29.8 Å². The van der Waals surface area contributed by atoms with Crippen LogP contribution in [0.4, 0.5) is 5.82 Å². The molecule has 0 bridgehead atoms. The molecular weight excluding hydrogens is 486 g/mol. The van der Waals surface area contributed by atoms with Gasteiger partial charge in [-0.05, 0) is 37.3 Å². The number of H-pyrrole nitrogens is 1. The Balaban J connectivity index is 1.58. The number of fused-ring (bicyclic) bond motifs is 1. The van der Waals surface area contributed by atoms with Gasteiger partial charge >= 0.3 is 5.97 Å². The Labute approximate surface area is 208 Å². The number of nitrogens with zero attached hydrogens (tertiary/aromatic N) is 5. The molecule has 180 valence electrons. The third kappa shape index (κ3) is 4.12. The first-order valence-electron chi connectivity index (χ1n) is 10.7. The van der Waals surface area contributed by atoms with E-state index >= 15 is 0 Å². The molecule has 11 nitrogen and oxygen atoms in total. The van der Waals surface area contributed by atoms with E-state index in [1.807, 2.05) is 0 Å². The molecule has 0 atom stereocenters. The highest BCUT2D eigenvalue weighted by molar-refractivity contribution is 6.30. The molecule has 3 aromatic heterocycles. The van der Waals surface area contributed by atoms with Crippen LogP contribution in [-0.2, 0) is 4.74 Å². The summed E-state index contributed by atoms with van der Waals surface area (Å²) in [6, 6.07) is 14.8. The average molecular weight is 504 g/mol. The van der Waals surface area contributed by atoms with E-state index in [-0.39, 0.29) is 33.9 Å². The third-order valence-electron chi connectivity index (χ3n) is 5.33. The zero-order chi connectivity index (χ0) is 25.4. The van der Waals surface area contributed by atoms with Crippen LogP contribution >= 0.6 is 11.6 Å². The van der Waals surface area contributed by atoms with Crippen molar-refractivity contribution < 1.29 is 14.3 Å².